The third-order valence-corrected chi connectivity index (χ3v) is 9.89. The Morgan fingerprint density at radius 1 is 0.938 bits per heavy atom. The minimum atomic E-state index is -5.76. The molecule has 0 saturated carbocycles. The normalized spacial score (nSPS) is 21.5. The second-order valence-corrected chi connectivity index (χ2v) is 16.3. The van der Waals surface area contributed by atoms with Gasteiger partial charge in [0.2, 0.25) is 9.84 Å². The minimum Gasteiger partial charge on any atom is -0.486 e. The van der Waals surface area contributed by atoms with Gasteiger partial charge in [-0.3, -0.25) is 4.99 Å². The maximum atomic E-state index is 16.4. The Morgan fingerprint density at radius 3 is 2.02 bits per heavy atom. The van der Waals surface area contributed by atoms with Crippen LogP contribution in [0.4, 0.5) is 27.2 Å². The number of aliphatic imine (C=N–C) groups is 1. The Kier molecular flexibility index (Phi) is 9.18. The van der Waals surface area contributed by atoms with E-state index in [4.69, 9.17) is 18.9 Å². The lowest BCUT2D eigenvalue weighted by Gasteiger charge is -2.46. The number of hydrogen-bond donors (Lipinski definition) is 0. The highest BCUT2D eigenvalue weighted by atomic mass is 32.2. The van der Waals surface area contributed by atoms with Crippen LogP contribution in [0.2, 0.25) is 0 Å². The molecule has 2 aromatic rings. The second kappa shape index (κ2) is 12.0. The number of alkyl halides is 2. The van der Waals surface area contributed by atoms with Gasteiger partial charge in [0.15, 0.2) is 17.0 Å². The fourth-order valence-corrected chi connectivity index (χ4v) is 6.52. The van der Waals surface area contributed by atoms with Crippen molar-refractivity contribution in [1.82, 2.24) is 9.88 Å². The average Bonchev–Trinajstić information content (AvgIpc) is 2.94. The first-order valence-corrected chi connectivity index (χ1v) is 16.2. The summed E-state index contributed by atoms with van der Waals surface area (Å²) in [5.41, 5.74) is -7.16. The molecule has 11 nitrogen and oxygen atoms in total. The van der Waals surface area contributed by atoms with E-state index in [1.165, 1.54) is 53.8 Å². The van der Waals surface area contributed by atoms with E-state index in [1.807, 2.05) is 0 Å². The third kappa shape index (κ3) is 6.58. The van der Waals surface area contributed by atoms with E-state index in [0.29, 0.717) is 12.7 Å². The number of amides is 2. The highest BCUT2D eigenvalue weighted by molar-refractivity contribution is 7.94. The Hall–Kier alpha value is -4.21. The summed E-state index contributed by atoms with van der Waals surface area (Å²) in [6, 6.07) is 3.85. The third-order valence-electron chi connectivity index (χ3n) is 7.29. The van der Waals surface area contributed by atoms with E-state index in [0.717, 1.165) is 38.1 Å². The SMILES string of the molecule is CC(C)(C)OC(=O)N(C(=O)OC(C)(C)C)C1=N[C@](C)(c2cc(/C=C(\F)c3cc4c(cn3)OCCO4)ccc2F)C(F)(F)S(=O)(=O)C1(C)C. The highest BCUT2D eigenvalue weighted by Crippen LogP contribution is 2.53. The summed E-state index contributed by atoms with van der Waals surface area (Å²) in [6.45, 7) is 11.5. The quantitative estimate of drug-likeness (QED) is 0.309. The standard InChI is InChI=1S/C32H37F4N3O8S/c1-28(2,3)46-26(40)39(27(41)47-29(4,5)6)25-30(7,8)48(42,43)32(35,36)31(9,38-25)19-14-18(10-11-20(19)33)15-21(34)22-16-23-24(17-37-22)45-13-12-44-23/h10-11,14-17H,12-13H2,1-9H3/b21-15-/t31-/m1/s1. The summed E-state index contributed by atoms with van der Waals surface area (Å²) in [7, 11) is -5.76. The molecule has 0 N–H and O–H groups in total. The molecule has 0 saturated heterocycles. The predicted octanol–water partition coefficient (Wildman–Crippen LogP) is 7.05. The van der Waals surface area contributed by atoms with E-state index in [2.05, 4.69) is 9.98 Å². The Balaban J connectivity index is 1.94. The summed E-state index contributed by atoms with van der Waals surface area (Å²) in [5, 5.41) is -4.83. The van der Waals surface area contributed by atoms with E-state index in [9.17, 15) is 18.0 Å². The van der Waals surface area contributed by atoms with Crippen LogP contribution in [0.15, 0.2) is 35.5 Å². The molecule has 262 valence electrons. The van der Waals surface area contributed by atoms with Crippen molar-refractivity contribution < 1.29 is 54.5 Å². The Bertz CT molecular complexity index is 1790. The average molecular weight is 700 g/mol. The zero-order chi connectivity index (χ0) is 36.3. The molecule has 0 radical (unpaired) electrons. The van der Waals surface area contributed by atoms with Crippen molar-refractivity contribution in [3.8, 4) is 11.5 Å². The number of amidine groups is 1. The van der Waals surface area contributed by atoms with Gasteiger partial charge in [-0.25, -0.2) is 31.8 Å². The molecule has 2 aliphatic heterocycles. The van der Waals surface area contributed by atoms with Crippen LogP contribution >= 0.6 is 0 Å². The topological polar surface area (TPSA) is 134 Å². The number of hydrogen-bond acceptors (Lipinski definition) is 10. The van der Waals surface area contributed by atoms with E-state index < -0.39 is 71.8 Å². The molecular weight excluding hydrogens is 662 g/mol. The van der Waals surface area contributed by atoms with Crippen molar-refractivity contribution in [3.63, 3.8) is 0 Å². The van der Waals surface area contributed by atoms with Crippen LogP contribution < -0.4 is 9.47 Å². The molecule has 0 fully saturated rings. The van der Waals surface area contributed by atoms with E-state index in [1.54, 1.807) is 0 Å². The van der Waals surface area contributed by atoms with Gasteiger partial charge in [0.05, 0.1) is 6.20 Å². The lowest BCUT2D eigenvalue weighted by molar-refractivity contribution is 0.000846. The molecule has 3 heterocycles. The van der Waals surface area contributed by atoms with Gasteiger partial charge in [0, 0.05) is 11.6 Å². The van der Waals surface area contributed by atoms with E-state index >= 15 is 17.6 Å². The number of ether oxygens (including phenoxy) is 4. The Labute approximate surface area is 275 Å². The van der Waals surface area contributed by atoms with Crippen molar-refractivity contribution in [2.45, 2.75) is 89.1 Å². The summed E-state index contributed by atoms with van der Waals surface area (Å²) in [4.78, 5) is 35.0. The molecule has 1 atom stereocenters. The number of nitrogens with zero attached hydrogens (tertiary/aromatic N) is 3. The summed E-state index contributed by atoms with van der Waals surface area (Å²) in [6.07, 6.45) is -0.849. The maximum Gasteiger partial charge on any atom is 0.425 e. The summed E-state index contributed by atoms with van der Waals surface area (Å²) >= 11 is 0. The van der Waals surface area contributed by atoms with Gasteiger partial charge >= 0.3 is 17.4 Å². The molecular formula is C32H37F4N3O8S. The zero-order valence-corrected chi connectivity index (χ0v) is 28.7. The molecule has 4 rings (SSSR count). The first kappa shape index (κ1) is 36.6. The molecule has 1 aromatic heterocycles. The number of carbonyl (C=O) groups is 2. The molecule has 2 amide bonds. The first-order chi connectivity index (χ1) is 21.8. The van der Waals surface area contributed by atoms with Crippen molar-refractivity contribution in [1.29, 1.82) is 0 Å². The number of aromatic nitrogens is 1. The molecule has 48 heavy (non-hydrogen) atoms. The van der Waals surface area contributed by atoms with Crippen LogP contribution in [0.3, 0.4) is 0 Å². The number of imide groups is 1. The molecule has 0 bridgehead atoms. The molecule has 0 spiro atoms. The van der Waals surface area contributed by atoms with Gasteiger partial charge in [-0.15, -0.1) is 0 Å². The lowest BCUT2D eigenvalue weighted by atomic mass is 9.89. The van der Waals surface area contributed by atoms with Crippen molar-refractivity contribution in [2.24, 2.45) is 4.99 Å². The maximum absolute atomic E-state index is 16.4. The number of benzene rings is 1. The fourth-order valence-electron chi connectivity index (χ4n) is 4.82. The van der Waals surface area contributed by atoms with Gasteiger partial charge in [-0.1, -0.05) is 6.07 Å². The number of fused-ring (bicyclic) bond motifs is 1. The first-order valence-electron chi connectivity index (χ1n) is 14.7. The van der Waals surface area contributed by atoms with Crippen molar-refractivity contribution in [2.75, 3.05) is 13.2 Å². The molecule has 2 aliphatic rings. The van der Waals surface area contributed by atoms with Crippen molar-refractivity contribution in [3.05, 3.63) is 53.1 Å². The van der Waals surface area contributed by atoms with Crippen LogP contribution in [0.5, 0.6) is 11.5 Å². The van der Waals surface area contributed by atoms with Crippen LogP contribution in [-0.4, -0.2) is 70.7 Å². The zero-order valence-electron chi connectivity index (χ0n) is 27.9. The summed E-state index contributed by atoms with van der Waals surface area (Å²) < 4.78 is 110. The lowest BCUT2D eigenvalue weighted by Crippen LogP contribution is -2.66. The minimum absolute atomic E-state index is 0.121. The van der Waals surface area contributed by atoms with Gasteiger partial charge in [-0.2, -0.15) is 13.7 Å². The van der Waals surface area contributed by atoms with Gasteiger partial charge in [0.1, 0.15) is 52.3 Å². The number of halogens is 4. The highest BCUT2D eigenvalue weighted by Gasteiger charge is 2.72. The van der Waals surface area contributed by atoms with Gasteiger partial charge in [0.25, 0.3) is 0 Å². The van der Waals surface area contributed by atoms with Crippen LogP contribution in [-0.2, 0) is 24.8 Å². The van der Waals surface area contributed by atoms with Gasteiger partial charge < -0.3 is 18.9 Å². The summed E-state index contributed by atoms with van der Waals surface area (Å²) in [5.74, 6) is -2.79. The monoisotopic (exact) mass is 699 g/mol. The molecule has 0 aliphatic carbocycles. The smallest absolute Gasteiger partial charge is 0.425 e. The number of carbonyl (C=O) groups excluding carboxylic acids is 2. The van der Waals surface area contributed by atoms with Crippen molar-refractivity contribution >= 4 is 39.8 Å². The fraction of sp³-hybridized carbons (Fsp3) is 0.500. The van der Waals surface area contributed by atoms with Crippen LogP contribution in [0.1, 0.15) is 79.1 Å². The second-order valence-electron chi connectivity index (χ2n) is 13.8. The Morgan fingerprint density at radius 2 is 1.48 bits per heavy atom. The number of pyridine rings is 1. The molecule has 1 aromatic carbocycles. The molecule has 0 unspecified atom stereocenters. The van der Waals surface area contributed by atoms with E-state index in [-0.39, 0.29) is 35.1 Å². The van der Waals surface area contributed by atoms with Gasteiger partial charge in [-0.05, 0) is 86.1 Å². The van der Waals surface area contributed by atoms with Crippen LogP contribution in [0.25, 0.3) is 11.9 Å². The molecule has 16 heteroatoms. The van der Waals surface area contributed by atoms with Crippen LogP contribution in [0, 0.1) is 5.82 Å². The predicted molar refractivity (Wildman–Crippen MR) is 168 cm³/mol. The number of rotatable bonds is 3. The largest absolute Gasteiger partial charge is 0.486 e. The number of sulfone groups is 1.